The lowest BCUT2D eigenvalue weighted by Gasteiger charge is -2.15. The van der Waals surface area contributed by atoms with Gasteiger partial charge in [-0.25, -0.2) is 9.59 Å². The molecule has 2 aromatic rings. The van der Waals surface area contributed by atoms with Crippen molar-refractivity contribution in [2.24, 2.45) is 0 Å². The van der Waals surface area contributed by atoms with E-state index < -0.39 is 11.7 Å². The van der Waals surface area contributed by atoms with E-state index in [1.165, 1.54) is 0 Å². The topological polar surface area (TPSA) is 92.6 Å². The highest BCUT2D eigenvalue weighted by Crippen LogP contribution is 2.28. The third-order valence-electron chi connectivity index (χ3n) is 3.92. The lowest BCUT2D eigenvalue weighted by Crippen LogP contribution is -2.36. The molecule has 3 rings (SSSR count). The van der Waals surface area contributed by atoms with Gasteiger partial charge in [0.2, 0.25) is 0 Å². The normalized spacial score (nSPS) is 17.0. The molecule has 1 atom stereocenters. The van der Waals surface area contributed by atoms with Gasteiger partial charge in [-0.15, -0.1) is 0 Å². The highest BCUT2D eigenvalue weighted by Gasteiger charge is 2.19. The number of anilines is 2. The van der Waals surface area contributed by atoms with Gasteiger partial charge >= 0.3 is 11.7 Å². The van der Waals surface area contributed by atoms with Crippen LogP contribution in [0.3, 0.4) is 0 Å². The first kappa shape index (κ1) is 16.3. The Labute approximate surface area is 139 Å². The van der Waals surface area contributed by atoms with Crippen LogP contribution in [0.25, 0.3) is 11.0 Å². The van der Waals surface area contributed by atoms with Crippen molar-refractivity contribution in [3.05, 3.63) is 34.7 Å². The Morgan fingerprint density at radius 1 is 1.29 bits per heavy atom. The van der Waals surface area contributed by atoms with Crippen LogP contribution >= 0.6 is 0 Å². The lowest BCUT2D eigenvalue weighted by atomic mass is 10.2. The number of para-hydroxylation sites is 1. The van der Waals surface area contributed by atoms with Gasteiger partial charge in [0.1, 0.15) is 5.58 Å². The number of rotatable bonds is 5. The molecule has 0 bridgehead atoms. The number of carbonyl (C=O) groups excluding carboxylic acids is 1. The standard InChI is InChI=1S/C17H21N3O4/c1-2-18-14-12-7-3-4-8-13(12)24-16(21)15(14)20-17(22)19-10-11-6-5-9-23-11/h3-4,7-8,11,18H,2,5-6,9-10H2,1H3,(H2,19,20,22). The first-order chi connectivity index (χ1) is 11.7. The molecule has 7 heteroatoms. The molecule has 1 aromatic carbocycles. The summed E-state index contributed by atoms with van der Waals surface area (Å²) in [6.07, 6.45) is 1.98. The molecule has 2 amide bonds. The zero-order valence-electron chi connectivity index (χ0n) is 13.6. The van der Waals surface area contributed by atoms with Crippen LogP contribution < -0.4 is 21.6 Å². The summed E-state index contributed by atoms with van der Waals surface area (Å²) in [6, 6.07) is 6.75. The van der Waals surface area contributed by atoms with Gasteiger partial charge in [-0.3, -0.25) is 5.32 Å². The van der Waals surface area contributed by atoms with Gasteiger partial charge in [0, 0.05) is 25.1 Å². The molecule has 24 heavy (non-hydrogen) atoms. The quantitative estimate of drug-likeness (QED) is 0.732. The van der Waals surface area contributed by atoms with Crippen LogP contribution in [-0.4, -0.2) is 31.8 Å². The van der Waals surface area contributed by atoms with Crippen molar-refractivity contribution in [3.8, 4) is 0 Å². The van der Waals surface area contributed by atoms with E-state index in [1.54, 1.807) is 12.1 Å². The van der Waals surface area contributed by atoms with Crippen LogP contribution in [0.5, 0.6) is 0 Å². The van der Waals surface area contributed by atoms with Crippen LogP contribution in [0, 0.1) is 0 Å². The van der Waals surface area contributed by atoms with Gasteiger partial charge in [-0.05, 0) is 31.9 Å². The summed E-state index contributed by atoms with van der Waals surface area (Å²) in [5, 5.41) is 9.22. The maximum absolute atomic E-state index is 12.3. The SMILES string of the molecule is CCNc1c(NC(=O)NCC2CCCO2)c(=O)oc2ccccc12. The van der Waals surface area contributed by atoms with Gasteiger partial charge in [0.05, 0.1) is 11.8 Å². The van der Waals surface area contributed by atoms with E-state index in [2.05, 4.69) is 16.0 Å². The van der Waals surface area contributed by atoms with Gasteiger partial charge in [0.15, 0.2) is 5.69 Å². The van der Waals surface area contributed by atoms with Crippen molar-refractivity contribution in [2.45, 2.75) is 25.9 Å². The maximum atomic E-state index is 12.3. The molecule has 0 spiro atoms. The molecule has 1 aliphatic heterocycles. The van der Waals surface area contributed by atoms with Crippen LogP contribution in [0.2, 0.25) is 0 Å². The Bertz CT molecular complexity index is 781. The van der Waals surface area contributed by atoms with E-state index in [4.69, 9.17) is 9.15 Å². The van der Waals surface area contributed by atoms with E-state index in [1.807, 2.05) is 19.1 Å². The number of urea groups is 1. The Morgan fingerprint density at radius 2 is 2.12 bits per heavy atom. The summed E-state index contributed by atoms with van der Waals surface area (Å²) in [6.45, 7) is 3.68. The van der Waals surface area contributed by atoms with E-state index in [9.17, 15) is 9.59 Å². The summed E-state index contributed by atoms with van der Waals surface area (Å²) in [5.41, 5.74) is 0.567. The number of benzene rings is 1. The summed E-state index contributed by atoms with van der Waals surface area (Å²) < 4.78 is 10.8. The molecule has 7 nitrogen and oxygen atoms in total. The van der Waals surface area contributed by atoms with Gasteiger partial charge in [-0.2, -0.15) is 0 Å². The second kappa shape index (κ2) is 7.35. The molecule has 1 unspecified atom stereocenters. The zero-order chi connectivity index (χ0) is 16.9. The van der Waals surface area contributed by atoms with Crippen molar-refractivity contribution in [1.82, 2.24) is 5.32 Å². The molecular formula is C17H21N3O4. The van der Waals surface area contributed by atoms with Crippen LogP contribution in [0.15, 0.2) is 33.5 Å². The van der Waals surface area contributed by atoms with Crippen molar-refractivity contribution >= 4 is 28.4 Å². The third-order valence-corrected chi connectivity index (χ3v) is 3.92. The summed E-state index contributed by atoms with van der Waals surface area (Å²) >= 11 is 0. The Morgan fingerprint density at radius 3 is 2.88 bits per heavy atom. The van der Waals surface area contributed by atoms with Crippen molar-refractivity contribution in [3.63, 3.8) is 0 Å². The highest BCUT2D eigenvalue weighted by molar-refractivity contribution is 6.01. The molecule has 0 aliphatic carbocycles. The first-order valence-corrected chi connectivity index (χ1v) is 8.15. The second-order valence-corrected chi connectivity index (χ2v) is 5.64. The predicted octanol–water partition coefficient (Wildman–Crippen LogP) is 2.53. The number of nitrogens with one attached hydrogen (secondary N) is 3. The molecule has 1 fully saturated rings. The van der Waals surface area contributed by atoms with Crippen LogP contribution in [-0.2, 0) is 4.74 Å². The minimum atomic E-state index is -0.586. The largest absolute Gasteiger partial charge is 0.421 e. The number of amides is 2. The fourth-order valence-corrected chi connectivity index (χ4v) is 2.79. The molecule has 3 N–H and O–H groups in total. The lowest BCUT2D eigenvalue weighted by molar-refractivity contribution is 0.112. The molecular weight excluding hydrogens is 310 g/mol. The van der Waals surface area contributed by atoms with Gasteiger partial charge in [0.25, 0.3) is 0 Å². The second-order valence-electron chi connectivity index (χ2n) is 5.64. The number of hydrogen-bond donors (Lipinski definition) is 3. The Balaban J connectivity index is 1.82. The molecule has 1 aromatic heterocycles. The molecule has 128 valence electrons. The van der Waals surface area contributed by atoms with E-state index in [0.717, 1.165) is 24.8 Å². The highest BCUT2D eigenvalue weighted by atomic mass is 16.5. The maximum Gasteiger partial charge on any atom is 0.362 e. The summed E-state index contributed by atoms with van der Waals surface area (Å²) in [5.74, 6) is 0. The average molecular weight is 331 g/mol. The Kier molecular flexibility index (Phi) is 5.00. The van der Waals surface area contributed by atoms with Crippen LogP contribution in [0.4, 0.5) is 16.2 Å². The zero-order valence-corrected chi connectivity index (χ0v) is 13.6. The monoisotopic (exact) mass is 331 g/mol. The predicted molar refractivity (Wildman–Crippen MR) is 92.6 cm³/mol. The first-order valence-electron chi connectivity index (χ1n) is 8.15. The number of ether oxygens (including phenoxy) is 1. The van der Waals surface area contributed by atoms with Crippen molar-refractivity contribution in [2.75, 3.05) is 30.3 Å². The number of carbonyl (C=O) groups is 1. The van der Waals surface area contributed by atoms with Crippen molar-refractivity contribution in [1.29, 1.82) is 0 Å². The van der Waals surface area contributed by atoms with Gasteiger partial charge < -0.3 is 19.8 Å². The minimum absolute atomic E-state index is 0.0389. The van der Waals surface area contributed by atoms with E-state index >= 15 is 0 Å². The number of fused-ring (bicyclic) bond motifs is 1. The fourth-order valence-electron chi connectivity index (χ4n) is 2.79. The molecule has 1 aliphatic rings. The summed E-state index contributed by atoms with van der Waals surface area (Å²) in [4.78, 5) is 24.4. The van der Waals surface area contributed by atoms with Crippen molar-refractivity contribution < 1.29 is 13.9 Å². The fraction of sp³-hybridized carbons (Fsp3) is 0.412. The Hall–Kier alpha value is -2.54. The molecule has 0 radical (unpaired) electrons. The summed E-state index contributed by atoms with van der Waals surface area (Å²) in [7, 11) is 0. The molecule has 2 heterocycles. The van der Waals surface area contributed by atoms with Gasteiger partial charge in [-0.1, -0.05) is 12.1 Å². The van der Waals surface area contributed by atoms with E-state index in [-0.39, 0.29) is 11.8 Å². The average Bonchev–Trinajstić information content (AvgIpc) is 3.09. The third kappa shape index (κ3) is 3.51. The van der Waals surface area contributed by atoms with E-state index in [0.29, 0.717) is 24.4 Å². The number of hydrogen-bond acceptors (Lipinski definition) is 5. The molecule has 1 saturated heterocycles. The molecule has 0 saturated carbocycles. The minimum Gasteiger partial charge on any atom is -0.421 e. The smallest absolute Gasteiger partial charge is 0.362 e. The van der Waals surface area contributed by atoms with Crippen LogP contribution in [0.1, 0.15) is 19.8 Å².